The first-order valence-corrected chi connectivity index (χ1v) is 6.37. The van der Waals surface area contributed by atoms with E-state index in [1.807, 2.05) is 6.92 Å². The van der Waals surface area contributed by atoms with Crippen LogP contribution in [0.25, 0.3) is 0 Å². The average Bonchev–Trinajstić information content (AvgIpc) is 2.39. The van der Waals surface area contributed by atoms with Gasteiger partial charge >= 0.3 is 0 Å². The van der Waals surface area contributed by atoms with Gasteiger partial charge < -0.3 is 4.90 Å². The standard InChI is InChI=1S/C15H20N2O/c1-3-17(12-4-11-16)15(18)10-9-14-7-5-13(2)6-8-14/h5-8H,3-4,9-10,12H2,1-2H3. The molecule has 0 saturated heterocycles. The van der Waals surface area contributed by atoms with Crippen LogP contribution in [0.1, 0.15) is 30.9 Å². The molecule has 0 spiro atoms. The van der Waals surface area contributed by atoms with E-state index in [2.05, 4.69) is 37.3 Å². The molecule has 0 saturated carbocycles. The Kier molecular flexibility index (Phi) is 5.93. The van der Waals surface area contributed by atoms with E-state index >= 15 is 0 Å². The van der Waals surface area contributed by atoms with Crippen LogP contribution in [0.3, 0.4) is 0 Å². The number of amides is 1. The molecule has 18 heavy (non-hydrogen) atoms. The van der Waals surface area contributed by atoms with Gasteiger partial charge in [0.15, 0.2) is 0 Å². The number of nitrogens with zero attached hydrogens (tertiary/aromatic N) is 2. The van der Waals surface area contributed by atoms with Gasteiger partial charge in [-0.15, -0.1) is 0 Å². The highest BCUT2D eigenvalue weighted by atomic mass is 16.2. The molecule has 1 rings (SSSR count). The third-order valence-electron chi connectivity index (χ3n) is 2.98. The molecule has 3 nitrogen and oxygen atoms in total. The molecule has 0 N–H and O–H groups in total. The Labute approximate surface area is 109 Å². The van der Waals surface area contributed by atoms with Crippen LogP contribution in [0.2, 0.25) is 0 Å². The molecule has 0 bridgehead atoms. The number of hydrogen-bond acceptors (Lipinski definition) is 2. The van der Waals surface area contributed by atoms with E-state index in [0.29, 0.717) is 25.9 Å². The number of hydrogen-bond donors (Lipinski definition) is 0. The summed E-state index contributed by atoms with van der Waals surface area (Å²) in [6.45, 7) is 5.21. The highest BCUT2D eigenvalue weighted by molar-refractivity contribution is 5.76. The molecular weight excluding hydrogens is 224 g/mol. The van der Waals surface area contributed by atoms with Crippen LogP contribution in [0.4, 0.5) is 0 Å². The van der Waals surface area contributed by atoms with E-state index < -0.39 is 0 Å². The maximum Gasteiger partial charge on any atom is 0.222 e. The maximum atomic E-state index is 11.9. The van der Waals surface area contributed by atoms with Crippen LogP contribution in [-0.4, -0.2) is 23.9 Å². The molecule has 96 valence electrons. The van der Waals surface area contributed by atoms with Gasteiger partial charge in [0, 0.05) is 19.5 Å². The summed E-state index contributed by atoms with van der Waals surface area (Å²) in [5, 5.41) is 8.54. The number of aryl methyl sites for hydroxylation is 2. The largest absolute Gasteiger partial charge is 0.342 e. The summed E-state index contributed by atoms with van der Waals surface area (Å²) >= 11 is 0. The minimum Gasteiger partial charge on any atom is -0.342 e. The van der Waals surface area contributed by atoms with Gasteiger partial charge in [0.05, 0.1) is 12.5 Å². The van der Waals surface area contributed by atoms with Crippen molar-refractivity contribution in [2.75, 3.05) is 13.1 Å². The minimum atomic E-state index is 0.133. The van der Waals surface area contributed by atoms with E-state index in [-0.39, 0.29) is 5.91 Å². The van der Waals surface area contributed by atoms with Gasteiger partial charge in [-0.2, -0.15) is 5.26 Å². The normalized spacial score (nSPS) is 9.83. The van der Waals surface area contributed by atoms with Crippen molar-refractivity contribution in [3.8, 4) is 6.07 Å². The smallest absolute Gasteiger partial charge is 0.222 e. The molecule has 0 radical (unpaired) electrons. The summed E-state index contributed by atoms with van der Waals surface area (Å²) in [7, 11) is 0. The van der Waals surface area contributed by atoms with E-state index in [0.717, 1.165) is 6.42 Å². The second-order valence-electron chi connectivity index (χ2n) is 4.37. The molecule has 0 heterocycles. The highest BCUT2D eigenvalue weighted by Gasteiger charge is 2.10. The minimum absolute atomic E-state index is 0.133. The zero-order valence-electron chi connectivity index (χ0n) is 11.1. The molecule has 0 atom stereocenters. The third kappa shape index (κ3) is 4.58. The fraction of sp³-hybridized carbons (Fsp3) is 0.467. The quantitative estimate of drug-likeness (QED) is 0.772. The van der Waals surface area contributed by atoms with Crippen molar-refractivity contribution < 1.29 is 4.79 Å². The van der Waals surface area contributed by atoms with E-state index in [4.69, 9.17) is 5.26 Å². The SMILES string of the molecule is CCN(CCC#N)C(=O)CCc1ccc(C)cc1. The van der Waals surface area contributed by atoms with Gasteiger partial charge in [-0.25, -0.2) is 0 Å². The van der Waals surface area contributed by atoms with Crippen molar-refractivity contribution in [3.63, 3.8) is 0 Å². The number of carbonyl (C=O) groups is 1. The molecule has 0 aliphatic rings. The molecular formula is C15H20N2O. The van der Waals surface area contributed by atoms with Gasteiger partial charge in [-0.05, 0) is 25.8 Å². The van der Waals surface area contributed by atoms with Crippen molar-refractivity contribution in [3.05, 3.63) is 35.4 Å². The summed E-state index contributed by atoms with van der Waals surface area (Å²) in [6, 6.07) is 10.3. The van der Waals surface area contributed by atoms with Gasteiger partial charge in [0.2, 0.25) is 5.91 Å². The molecule has 1 aromatic rings. The van der Waals surface area contributed by atoms with E-state index in [1.54, 1.807) is 4.90 Å². The molecule has 3 heteroatoms. The first-order valence-electron chi connectivity index (χ1n) is 6.37. The lowest BCUT2D eigenvalue weighted by atomic mass is 10.1. The van der Waals surface area contributed by atoms with Crippen LogP contribution in [-0.2, 0) is 11.2 Å². The Morgan fingerprint density at radius 2 is 2.00 bits per heavy atom. The predicted octanol–water partition coefficient (Wildman–Crippen LogP) is 2.69. The first kappa shape index (κ1) is 14.2. The summed E-state index contributed by atoms with van der Waals surface area (Å²) in [4.78, 5) is 13.7. The van der Waals surface area contributed by atoms with Crippen LogP contribution >= 0.6 is 0 Å². The maximum absolute atomic E-state index is 11.9. The zero-order valence-corrected chi connectivity index (χ0v) is 11.1. The Bertz CT molecular complexity index is 417. The van der Waals surface area contributed by atoms with Crippen molar-refractivity contribution in [2.45, 2.75) is 33.1 Å². The predicted molar refractivity (Wildman–Crippen MR) is 72.0 cm³/mol. The molecule has 0 aromatic heterocycles. The fourth-order valence-electron chi connectivity index (χ4n) is 1.81. The summed E-state index contributed by atoms with van der Waals surface area (Å²) in [5.74, 6) is 0.133. The lowest BCUT2D eigenvalue weighted by molar-refractivity contribution is -0.130. The second-order valence-corrected chi connectivity index (χ2v) is 4.37. The number of benzene rings is 1. The molecule has 1 amide bonds. The lowest BCUT2D eigenvalue weighted by Crippen LogP contribution is -2.31. The Morgan fingerprint density at radius 1 is 1.33 bits per heavy atom. The molecule has 0 aliphatic carbocycles. The average molecular weight is 244 g/mol. The van der Waals surface area contributed by atoms with Gasteiger partial charge in [0.1, 0.15) is 0 Å². The van der Waals surface area contributed by atoms with Gasteiger partial charge in [-0.1, -0.05) is 29.8 Å². The molecule has 1 aromatic carbocycles. The Balaban J connectivity index is 2.44. The number of rotatable bonds is 6. The monoisotopic (exact) mass is 244 g/mol. The van der Waals surface area contributed by atoms with Crippen LogP contribution < -0.4 is 0 Å². The molecule has 0 fully saturated rings. The topological polar surface area (TPSA) is 44.1 Å². The van der Waals surface area contributed by atoms with Crippen molar-refractivity contribution in [1.82, 2.24) is 4.90 Å². The van der Waals surface area contributed by atoms with Gasteiger partial charge in [-0.3, -0.25) is 4.79 Å². The van der Waals surface area contributed by atoms with Gasteiger partial charge in [0.25, 0.3) is 0 Å². The van der Waals surface area contributed by atoms with Crippen molar-refractivity contribution in [1.29, 1.82) is 5.26 Å². The third-order valence-corrected chi connectivity index (χ3v) is 2.98. The fourth-order valence-corrected chi connectivity index (χ4v) is 1.81. The summed E-state index contributed by atoms with van der Waals surface area (Å²) in [5.41, 5.74) is 2.42. The van der Waals surface area contributed by atoms with E-state index in [1.165, 1.54) is 11.1 Å². The first-order chi connectivity index (χ1) is 8.67. The van der Waals surface area contributed by atoms with E-state index in [9.17, 15) is 4.79 Å². The Hall–Kier alpha value is -1.82. The highest BCUT2D eigenvalue weighted by Crippen LogP contribution is 2.07. The second kappa shape index (κ2) is 7.50. The summed E-state index contributed by atoms with van der Waals surface area (Å²) < 4.78 is 0. The van der Waals surface area contributed by atoms with Crippen LogP contribution in [0.5, 0.6) is 0 Å². The number of nitriles is 1. The molecule has 0 unspecified atom stereocenters. The molecule has 0 aliphatic heterocycles. The Morgan fingerprint density at radius 3 is 2.56 bits per heavy atom. The summed E-state index contributed by atoms with van der Waals surface area (Å²) in [6.07, 6.45) is 1.69. The van der Waals surface area contributed by atoms with Crippen molar-refractivity contribution >= 4 is 5.91 Å². The van der Waals surface area contributed by atoms with Crippen LogP contribution in [0.15, 0.2) is 24.3 Å². The van der Waals surface area contributed by atoms with Crippen LogP contribution in [0, 0.1) is 18.3 Å². The number of carbonyl (C=O) groups excluding carboxylic acids is 1. The zero-order chi connectivity index (χ0) is 13.4. The lowest BCUT2D eigenvalue weighted by Gasteiger charge is -2.19. The van der Waals surface area contributed by atoms with Crippen molar-refractivity contribution in [2.24, 2.45) is 0 Å².